The summed E-state index contributed by atoms with van der Waals surface area (Å²) in [6.45, 7) is 1.57. The number of carbonyl (C=O) groups excluding carboxylic acids is 1. The van der Waals surface area contributed by atoms with E-state index in [1.165, 1.54) is 12.1 Å². The van der Waals surface area contributed by atoms with Gasteiger partial charge >= 0.3 is 5.69 Å². The zero-order valence-corrected chi connectivity index (χ0v) is 9.90. The summed E-state index contributed by atoms with van der Waals surface area (Å²) in [6.07, 6.45) is 0.527. The van der Waals surface area contributed by atoms with Gasteiger partial charge in [0, 0.05) is 18.6 Å². The fraction of sp³-hybridized carbons (Fsp3) is 0.182. The summed E-state index contributed by atoms with van der Waals surface area (Å²) >= 11 is 0. The largest absolute Gasteiger partial charge is 0.478 e. The first kappa shape index (κ1) is 12.7. The Balaban J connectivity index is 2.19. The van der Waals surface area contributed by atoms with Crippen molar-refractivity contribution in [2.75, 3.05) is 0 Å². The van der Waals surface area contributed by atoms with Gasteiger partial charge in [-0.1, -0.05) is 5.16 Å². The highest BCUT2D eigenvalue weighted by atomic mass is 16.6. The normalized spacial score (nSPS) is 10.2. The lowest BCUT2D eigenvalue weighted by Gasteiger charge is -2.04. The maximum absolute atomic E-state index is 10.9. The summed E-state index contributed by atoms with van der Waals surface area (Å²) < 4.78 is 10.0. The van der Waals surface area contributed by atoms with Gasteiger partial charge in [-0.25, -0.2) is 0 Å². The van der Waals surface area contributed by atoms with Crippen LogP contribution in [0, 0.1) is 17.0 Å². The fourth-order valence-corrected chi connectivity index (χ4v) is 1.41. The maximum atomic E-state index is 10.9. The number of rotatable bonds is 5. The molecule has 0 amide bonds. The number of hydrogen-bond donors (Lipinski definition) is 0. The van der Waals surface area contributed by atoms with Gasteiger partial charge in [-0.05, 0) is 12.1 Å². The van der Waals surface area contributed by atoms with Crippen molar-refractivity contribution >= 4 is 12.0 Å². The van der Waals surface area contributed by atoms with E-state index in [-0.39, 0.29) is 29.4 Å². The Bertz CT molecular complexity index is 623. The topological polar surface area (TPSA) is 108 Å². The number of aryl methyl sites for hydroxylation is 1. The van der Waals surface area contributed by atoms with Gasteiger partial charge in [0.25, 0.3) is 0 Å². The van der Waals surface area contributed by atoms with Crippen LogP contribution < -0.4 is 4.74 Å². The lowest BCUT2D eigenvalue weighted by Crippen LogP contribution is -2.01. The van der Waals surface area contributed by atoms with E-state index in [2.05, 4.69) is 10.1 Å². The number of hydrogen-bond acceptors (Lipinski definition) is 7. The highest BCUT2D eigenvalue weighted by molar-refractivity contribution is 5.77. The second kappa shape index (κ2) is 5.25. The number of benzene rings is 1. The van der Waals surface area contributed by atoms with Gasteiger partial charge in [-0.2, -0.15) is 4.98 Å². The molecule has 0 saturated heterocycles. The molecule has 0 aliphatic rings. The van der Waals surface area contributed by atoms with E-state index in [0.717, 1.165) is 6.07 Å². The van der Waals surface area contributed by atoms with Crippen LogP contribution >= 0.6 is 0 Å². The van der Waals surface area contributed by atoms with E-state index < -0.39 is 4.92 Å². The molecule has 1 aromatic heterocycles. The first-order valence-corrected chi connectivity index (χ1v) is 5.26. The minimum Gasteiger partial charge on any atom is -0.478 e. The van der Waals surface area contributed by atoms with E-state index >= 15 is 0 Å². The number of carbonyl (C=O) groups is 1. The number of aldehydes is 1. The van der Waals surface area contributed by atoms with Gasteiger partial charge in [0.1, 0.15) is 6.29 Å². The molecule has 0 N–H and O–H groups in total. The molecule has 0 atom stereocenters. The molecule has 0 aliphatic carbocycles. The summed E-state index contributed by atoms with van der Waals surface area (Å²) in [5, 5.41) is 14.5. The molecule has 2 rings (SSSR count). The first-order chi connectivity index (χ1) is 9.10. The molecule has 0 bridgehead atoms. The van der Waals surface area contributed by atoms with Crippen molar-refractivity contribution in [1.82, 2.24) is 10.1 Å². The Morgan fingerprint density at radius 2 is 2.32 bits per heavy atom. The highest BCUT2D eigenvalue weighted by Crippen LogP contribution is 2.28. The molecule has 0 aliphatic heterocycles. The second-order valence-corrected chi connectivity index (χ2v) is 3.62. The van der Waals surface area contributed by atoms with Crippen LogP contribution in [0.2, 0.25) is 0 Å². The number of ether oxygens (including phenoxy) is 1. The molecular weight excluding hydrogens is 254 g/mol. The van der Waals surface area contributed by atoms with E-state index in [9.17, 15) is 14.9 Å². The lowest BCUT2D eigenvalue weighted by atomic mass is 10.2. The van der Waals surface area contributed by atoms with Crippen molar-refractivity contribution in [2.45, 2.75) is 13.5 Å². The van der Waals surface area contributed by atoms with Gasteiger partial charge in [0.05, 0.1) is 4.92 Å². The van der Waals surface area contributed by atoms with Gasteiger partial charge in [-0.3, -0.25) is 14.9 Å². The van der Waals surface area contributed by atoms with Crippen LogP contribution in [0.1, 0.15) is 22.1 Å². The van der Waals surface area contributed by atoms with Crippen molar-refractivity contribution in [1.29, 1.82) is 0 Å². The molecule has 1 aromatic carbocycles. The van der Waals surface area contributed by atoms with Crippen LogP contribution in [-0.2, 0) is 6.61 Å². The van der Waals surface area contributed by atoms with Gasteiger partial charge in [0.2, 0.25) is 11.7 Å². The van der Waals surface area contributed by atoms with Gasteiger partial charge in [-0.15, -0.1) is 0 Å². The fourth-order valence-electron chi connectivity index (χ4n) is 1.41. The Kier molecular flexibility index (Phi) is 3.51. The smallest absolute Gasteiger partial charge is 0.311 e. The number of aromatic nitrogens is 2. The average Bonchev–Trinajstić information content (AvgIpc) is 2.82. The quantitative estimate of drug-likeness (QED) is 0.458. The standard InChI is InChI=1S/C11H9N3O5/c1-7-12-11(13-19-7)6-18-10-3-2-8(5-15)4-9(10)14(16)17/h2-5H,6H2,1H3. The van der Waals surface area contributed by atoms with E-state index in [1.54, 1.807) is 6.92 Å². The summed E-state index contributed by atoms with van der Waals surface area (Å²) in [7, 11) is 0. The summed E-state index contributed by atoms with van der Waals surface area (Å²) in [4.78, 5) is 24.7. The SMILES string of the molecule is Cc1nc(COc2ccc(C=O)cc2[N+](=O)[O-])no1. The number of nitro groups is 1. The zero-order valence-electron chi connectivity index (χ0n) is 9.90. The molecule has 2 aromatic rings. The molecule has 0 fully saturated rings. The average molecular weight is 263 g/mol. The van der Waals surface area contributed by atoms with Crippen LogP contribution in [0.4, 0.5) is 5.69 Å². The molecule has 1 heterocycles. The van der Waals surface area contributed by atoms with Crippen molar-refractivity contribution in [3.63, 3.8) is 0 Å². The summed E-state index contributed by atoms with van der Waals surface area (Å²) in [5.74, 6) is 0.703. The van der Waals surface area contributed by atoms with Crippen molar-refractivity contribution < 1.29 is 19.0 Å². The monoisotopic (exact) mass is 263 g/mol. The third-order valence-electron chi connectivity index (χ3n) is 2.24. The third-order valence-corrected chi connectivity index (χ3v) is 2.24. The molecule has 8 nitrogen and oxygen atoms in total. The van der Waals surface area contributed by atoms with E-state index in [1.807, 2.05) is 0 Å². The van der Waals surface area contributed by atoms with Crippen molar-refractivity contribution in [3.05, 3.63) is 45.6 Å². The van der Waals surface area contributed by atoms with Crippen LogP contribution in [0.25, 0.3) is 0 Å². The van der Waals surface area contributed by atoms with Crippen LogP contribution in [0.3, 0.4) is 0 Å². The molecule has 0 radical (unpaired) electrons. The summed E-state index contributed by atoms with van der Waals surface area (Å²) in [6, 6.07) is 3.93. The van der Waals surface area contributed by atoms with Gasteiger partial charge in [0.15, 0.2) is 12.4 Å². The minimum atomic E-state index is -0.621. The van der Waals surface area contributed by atoms with Crippen LogP contribution in [-0.4, -0.2) is 21.4 Å². The molecule has 98 valence electrons. The minimum absolute atomic E-state index is 0.0399. The predicted octanol–water partition coefficient (Wildman–Crippen LogP) is 1.68. The van der Waals surface area contributed by atoms with Crippen LogP contribution in [0.5, 0.6) is 5.75 Å². The van der Waals surface area contributed by atoms with Crippen LogP contribution in [0.15, 0.2) is 22.7 Å². The van der Waals surface area contributed by atoms with E-state index in [0.29, 0.717) is 12.2 Å². The molecule has 0 spiro atoms. The summed E-state index contributed by atoms with van der Waals surface area (Å²) in [5.41, 5.74) is -0.0840. The Morgan fingerprint density at radius 1 is 1.53 bits per heavy atom. The van der Waals surface area contributed by atoms with Gasteiger partial charge < -0.3 is 9.26 Å². The molecule has 0 saturated carbocycles. The predicted molar refractivity (Wildman–Crippen MR) is 61.9 cm³/mol. The highest BCUT2D eigenvalue weighted by Gasteiger charge is 2.16. The Labute approximate surface area is 107 Å². The Morgan fingerprint density at radius 3 is 2.89 bits per heavy atom. The third kappa shape index (κ3) is 2.92. The van der Waals surface area contributed by atoms with E-state index in [4.69, 9.17) is 9.26 Å². The Hall–Kier alpha value is -2.77. The number of nitro benzene ring substituents is 1. The zero-order chi connectivity index (χ0) is 13.8. The molecule has 8 heteroatoms. The van der Waals surface area contributed by atoms with Crippen molar-refractivity contribution in [3.8, 4) is 5.75 Å². The molecule has 0 unspecified atom stereocenters. The van der Waals surface area contributed by atoms with Crippen molar-refractivity contribution in [2.24, 2.45) is 0 Å². The first-order valence-electron chi connectivity index (χ1n) is 5.26. The molecular formula is C11H9N3O5. The lowest BCUT2D eigenvalue weighted by molar-refractivity contribution is -0.386. The molecule has 19 heavy (non-hydrogen) atoms. The number of nitrogens with zero attached hydrogens (tertiary/aromatic N) is 3. The maximum Gasteiger partial charge on any atom is 0.311 e. The second-order valence-electron chi connectivity index (χ2n) is 3.62.